The summed E-state index contributed by atoms with van der Waals surface area (Å²) >= 11 is 2.29. The molecule has 0 aliphatic heterocycles. The van der Waals surface area contributed by atoms with Crippen LogP contribution in [0.25, 0.3) is 5.57 Å². The predicted molar refractivity (Wildman–Crippen MR) is 88.7 cm³/mol. The molecule has 1 aromatic rings. The molecule has 1 aliphatic carbocycles. The average molecular weight is 348 g/mol. The highest BCUT2D eigenvalue weighted by molar-refractivity contribution is 14.1. The van der Waals surface area contributed by atoms with Crippen LogP contribution in [0, 0.1) is 0 Å². The molecule has 18 heavy (non-hydrogen) atoms. The van der Waals surface area contributed by atoms with Gasteiger partial charge in [0.15, 0.2) is 0 Å². The lowest BCUT2D eigenvalue weighted by molar-refractivity contribution is 0.806. The summed E-state index contributed by atoms with van der Waals surface area (Å²) in [6.07, 6.45) is 9.83. The van der Waals surface area contributed by atoms with Gasteiger partial charge in [-0.25, -0.2) is 0 Å². The van der Waals surface area contributed by atoms with E-state index < -0.39 is 0 Å². The number of halogens is 1. The number of hydrogen-bond acceptors (Lipinski definition) is 0. The quantitative estimate of drug-likeness (QED) is 0.616. The Kier molecular flexibility index (Phi) is 5.00. The molecule has 0 saturated carbocycles. The predicted octanol–water partition coefficient (Wildman–Crippen LogP) is 5.69. The molecular formula is C17H17I. The molecular weight excluding hydrogens is 331 g/mol. The number of rotatable bonds is 3. The minimum absolute atomic E-state index is 1.15. The summed E-state index contributed by atoms with van der Waals surface area (Å²) < 4.78 is 2.10. The van der Waals surface area contributed by atoms with E-state index in [9.17, 15) is 0 Å². The summed E-state index contributed by atoms with van der Waals surface area (Å²) in [5.41, 5.74) is 5.56. The van der Waals surface area contributed by atoms with E-state index in [4.69, 9.17) is 0 Å². The fraction of sp³-hybridized carbons (Fsp3) is 0.176. The Hall–Kier alpha value is -1.09. The van der Waals surface area contributed by atoms with Crippen molar-refractivity contribution in [3.8, 4) is 0 Å². The topological polar surface area (TPSA) is 0 Å². The molecule has 1 heteroatoms. The fourth-order valence-corrected chi connectivity index (χ4v) is 2.89. The molecule has 0 atom stereocenters. The zero-order chi connectivity index (χ0) is 12.8. The number of allylic oxidation sites excluding steroid dienone is 6. The van der Waals surface area contributed by atoms with Crippen molar-refractivity contribution in [2.45, 2.75) is 19.3 Å². The molecule has 0 saturated heterocycles. The zero-order valence-electron chi connectivity index (χ0n) is 10.4. The molecule has 0 heterocycles. The summed E-state index contributed by atoms with van der Waals surface area (Å²) in [6, 6.07) is 10.7. The first kappa shape index (κ1) is 13.3. The van der Waals surface area contributed by atoms with Crippen LogP contribution in [0.1, 0.15) is 24.8 Å². The van der Waals surface area contributed by atoms with Gasteiger partial charge in [0.25, 0.3) is 0 Å². The second-order valence-electron chi connectivity index (χ2n) is 4.34. The van der Waals surface area contributed by atoms with Gasteiger partial charge >= 0.3 is 0 Å². The van der Waals surface area contributed by atoms with Gasteiger partial charge < -0.3 is 0 Å². The molecule has 0 radical (unpaired) electrons. The summed E-state index contributed by atoms with van der Waals surface area (Å²) in [5.74, 6) is 0. The van der Waals surface area contributed by atoms with E-state index in [0.29, 0.717) is 0 Å². The maximum atomic E-state index is 3.84. The van der Waals surface area contributed by atoms with Crippen LogP contribution in [0.4, 0.5) is 0 Å². The van der Waals surface area contributed by atoms with E-state index in [2.05, 4.69) is 75.7 Å². The third kappa shape index (κ3) is 3.02. The third-order valence-electron chi connectivity index (χ3n) is 3.18. The SMILES string of the molecule is C=C/C=C1\CCCC(/C=C/I)=C1c1ccccc1. The van der Waals surface area contributed by atoms with Crippen LogP contribution in [-0.2, 0) is 0 Å². The van der Waals surface area contributed by atoms with E-state index in [1.165, 1.54) is 28.7 Å². The molecule has 1 aromatic carbocycles. The molecule has 0 unspecified atom stereocenters. The van der Waals surface area contributed by atoms with Crippen molar-refractivity contribution in [1.82, 2.24) is 0 Å². The molecule has 0 spiro atoms. The smallest absolute Gasteiger partial charge is 0.0120 e. The van der Waals surface area contributed by atoms with Gasteiger partial charge in [-0.3, -0.25) is 0 Å². The van der Waals surface area contributed by atoms with Gasteiger partial charge in [-0.1, -0.05) is 77.7 Å². The van der Waals surface area contributed by atoms with Crippen LogP contribution in [0.2, 0.25) is 0 Å². The van der Waals surface area contributed by atoms with Crippen molar-refractivity contribution in [3.63, 3.8) is 0 Å². The first-order chi connectivity index (χ1) is 8.86. The van der Waals surface area contributed by atoms with Gasteiger partial charge in [-0.15, -0.1) is 0 Å². The van der Waals surface area contributed by atoms with Gasteiger partial charge in [-0.05, 0) is 45.6 Å². The van der Waals surface area contributed by atoms with E-state index in [-0.39, 0.29) is 0 Å². The molecule has 0 fully saturated rings. The summed E-state index contributed by atoms with van der Waals surface area (Å²) in [6.45, 7) is 3.84. The van der Waals surface area contributed by atoms with Crippen molar-refractivity contribution in [3.05, 3.63) is 75.9 Å². The second-order valence-corrected chi connectivity index (χ2v) is 5.06. The maximum Gasteiger partial charge on any atom is -0.0120 e. The van der Waals surface area contributed by atoms with Crippen molar-refractivity contribution in [2.24, 2.45) is 0 Å². The average Bonchev–Trinajstić information content (AvgIpc) is 2.41. The Morgan fingerprint density at radius 3 is 2.56 bits per heavy atom. The Morgan fingerprint density at radius 2 is 1.89 bits per heavy atom. The Morgan fingerprint density at radius 1 is 1.11 bits per heavy atom. The molecule has 0 amide bonds. The first-order valence-electron chi connectivity index (χ1n) is 6.24. The standard InChI is InChI=1S/C17H17I/c1-2-7-14-10-6-11-16(12-13-18)17(14)15-8-4-3-5-9-15/h2-5,7-9,12-13H,1,6,10-11H2/b13-12+,14-7+. The molecule has 0 nitrogen and oxygen atoms in total. The highest BCUT2D eigenvalue weighted by Crippen LogP contribution is 2.37. The van der Waals surface area contributed by atoms with E-state index in [1.807, 2.05) is 6.08 Å². The minimum Gasteiger partial charge on any atom is -0.0991 e. The van der Waals surface area contributed by atoms with E-state index in [1.54, 1.807) is 0 Å². The van der Waals surface area contributed by atoms with Gasteiger partial charge in [0, 0.05) is 0 Å². The fourth-order valence-electron chi connectivity index (χ4n) is 2.45. The van der Waals surface area contributed by atoms with Crippen molar-refractivity contribution >= 4 is 28.2 Å². The largest absolute Gasteiger partial charge is 0.0991 e. The lowest BCUT2D eigenvalue weighted by atomic mass is 9.83. The number of hydrogen-bond donors (Lipinski definition) is 0. The molecule has 2 rings (SSSR count). The van der Waals surface area contributed by atoms with Crippen LogP contribution >= 0.6 is 22.6 Å². The number of benzene rings is 1. The first-order valence-corrected chi connectivity index (χ1v) is 7.48. The van der Waals surface area contributed by atoms with Crippen LogP contribution < -0.4 is 0 Å². The van der Waals surface area contributed by atoms with E-state index >= 15 is 0 Å². The zero-order valence-corrected chi connectivity index (χ0v) is 12.6. The monoisotopic (exact) mass is 348 g/mol. The Balaban J connectivity index is 2.57. The van der Waals surface area contributed by atoms with Crippen LogP contribution in [0.15, 0.2) is 70.4 Å². The van der Waals surface area contributed by atoms with Crippen LogP contribution in [0.5, 0.6) is 0 Å². The normalized spacial score (nSPS) is 18.6. The minimum atomic E-state index is 1.15. The molecule has 0 bridgehead atoms. The maximum absolute atomic E-state index is 3.84. The van der Waals surface area contributed by atoms with Crippen LogP contribution in [-0.4, -0.2) is 0 Å². The van der Waals surface area contributed by atoms with Crippen molar-refractivity contribution < 1.29 is 0 Å². The van der Waals surface area contributed by atoms with Gasteiger partial charge in [0.2, 0.25) is 0 Å². The summed E-state index contributed by atoms with van der Waals surface area (Å²) in [7, 11) is 0. The van der Waals surface area contributed by atoms with Crippen molar-refractivity contribution in [2.75, 3.05) is 0 Å². The van der Waals surface area contributed by atoms with Crippen molar-refractivity contribution in [1.29, 1.82) is 0 Å². The lowest BCUT2D eigenvalue weighted by Gasteiger charge is -2.22. The molecule has 0 N–H and O–H groups in total. The Bertz CT molecular complexity index is 504. The Labute approximate surface area is 123 Å². The molecule has 92 valence electrons. The summed E-state index contributed by atoms with van der Waals surface area (Å²) in [4.78, 5) is 0. The molecule has 0 aromatic heterocycles. The van der Waals surface area contributed by atoms with Crippen LogP contribution in [0.3, 0.4) is 0 Å². The summed E-state index contributed by atoms with van der Waals surface area (Å²) in [5, 5.41) is 0. The highest BCUT2D eigenvalue weighted by atomic mass is 127. The van der Waals surface area contributed by atoms with E-state index in [0.717, 1.165) is 12.8 Å². The molecule has 1 aliphatic rings. The lowest BCUT2D eigenvalue weighted by Crippen LogP contribution is -2.01. The second kappa shape index (κ2) is 6.74. The van der Waals surface area contributed by atoms with Gasteiger partial charge in [-0.2, -0.15) is 0 Å². The third-order valence-corrected chi connectivity index (χ3v) is 3.54. The van der Waals surface area contributed by atoms with Gasteiger partial charge in [0.05, 0.1) is 0 Å². The van der Waals surface area contributed by atoms with Gasteiger partial charge in [0.1, 0.15) is 0 Å². The highest BCUT2D eigenvalue weighted by Gasteiger charge is 2.16.